The van der Waals surface area contributed by atoms with Gasteiger partial charge in [0.15, 0.2) is 0 Å². The molecular formula is C37H44F6N6O2. The van der Waals surface area contributed by atoms with Crippen LogP contribution in [0.5, 0.6) is 0 Å². The number of benzene rings is 2. The van der Waals surface area contributed by atoms with Crippen molar-refractivity contribution >= 4 is 34.2 Å². The van der Waals surface area contributed by atoms with Gasteiger partial charge in [-0.3, -0.25) is 15.0 Å². The lowest BCUT2D eigenvalue weighted by Gasteiger charge is -2.40. The van der Waals surface area contributed by atoms with Crippen LogP contribution in [0.1, 0.15) is 74.5 Å². The number of nitrogen functional groups attached to an aromatic ring is 1. The molecule has 1 aromatic heterocycles. The van der Waals surface area contributed by atoms with Crippen molar-refractivity contribution in [2.75, 3.05) is 31.9 Å². The standard InChI is InChI=1S/C37H44F6N6O2/c1-23(44)48-16-13-24(14-17-48)21-47-34(50)32(26-6-3-2-4-7-26)49(35(51)37(41,42)43)22-29(27-8-5-9-30(20-27)36(38,39)40)19-25-10-11-31-28(18-25)12-15-46-33(31)45/h5,8-12,15,18,20,24,26,29,32,44H,2-4,6-7,13-14,16-17,19,21-22H2,1H3,(H2,45,46)(H,47,50). The second-order valence-electron chi connectivity index (χ2n) is 13.8. The Labute approximate surface area is 293 Å². The van der Waals surface area contributed by atoms with Crippen molar-refractivity contribution in [3.63, 3.8) is 0 Å². The van der Waals surface area contributed by atoms with E-state index in [1.165, 1.54) is 18.3 Å². The van der Waals surface area contributed by atoms with E-state index in [9.17, 15) is 35.9 Å². The molecule has 14 heteroatoms. The number of carbonyl (C=O) groups is 2. The van der Waals surface area contributed by atoms with Crippen LogP contribution in [0.2, 0.25) is 0 Å². The van der Waals surface area contributed by atoms with Gasteiger partial charge in [-0.1, -0.05) is 55.7 Å². The third-order valence-electron chi connectivity index (χ3n) is 10.3. The first kappa shape index (κ1) is 37.9. The molecule has 0 bridgehead atoms. The highest BCUT2D eigenvalue weighted by Gasteiger charge is 2.49. The van der Waals surface area contributed by atoms with Gasteiger partial charge in [-0.05, 0) is 79.5 Å². The molecule has 5 rings (SSSR count). The maximum atomic E-state index is 14.5. The fourth-order valence-electron chi connectivity index (χ4n) is 7.52. The van der Waals surface area contributed by atoms with Crippen LogP contribution in [0.3, 0.4) is 0 Å². The van der Waals surface area contributed by atoms with E-state index in [1.807, 2.05) is 4.90 Å². The second-order valence-corrected chi connectivity index (χ2v) is 13.8. The third kappa shape index (κ3) is 9.50. The van der Waals surface area contributed by atoms with E-state index in [4.69, 9.17) is 11.1 Å². The molecule has 0 spiro atoms. The van der Waals surface area contributed by atoms with Crippen LogP contribution in [0.15, 0.2) is 54.7 Å². The average Bonchev–Trinajstić information content (AvgIpc) is 3.09. The number of amidine groups is 1. The highest BCUT2D eigenvalue weighted by Crippen LogP contribution is 2.36. The average molecular weight is 719 g/mol. The van der Waals surface area contributed by atoms with Crippen LogP contribution < -0.4 is 11.1 Å². The van der Waals surface area contributed by atoms with Crippen LogP contribution in [0, 0.1) is 17.2 Å². The number of likely N-dealkylation sites (tertiary alicyclic amines) is 1. The number of anilines is 1. The Hall–Kier alpha value is -4.36. The Morgan fingerprint density at radius 3 is 2.35 bits per heavy atom. The number of nitrogens with one attached hydrogen (secondary N) is 2. The summed E-state index contributed by atoms with van der Waals surface area (Å²) in [6.45, 7) is 2.51. The van der Waals surface area contributed by atoms with Crippen molar-refractivity contribution < 1.29 is 35.9 Å². The number of pyridine rings is 1. The number of nitrogens with two attached hydrogens (primary N) is 1. The minimum atomic E-state index is -5.34. The zero-order chi connectivity index (χ0) is 36.9. The molecule has 51 heavy (non-hydrogen) atoms. The number of alkyl halides is 6. The molecule has 4 N–H and O–H groups in total. The molecular weight excluding hydrogens is 674 g/mol. The lowest BCUT2D eigenvalue weighted by molar-refractivity contribution is -0.190. The number of halogens is 6. The van der Waals surface area contributed by atoms with Gasteiger partial charge in [-0.2, -0.15) is 26.3 Å². The molecule has 1 saturated carbocycles. The molecule has 3 aromatic rings. The summed E-state index contributed by atoms with van der Waals surface area (Å²) in [7, 11) is 0. The van der Waals surface area contributed by atoms with Gasteiger partial charge in [0.1, 0.15) is 11.9 Å². The molecule has 2 aromatic carbocycles. The minimum absolute atomic E-state index is 0.0227. The van der Waals surface area contributed by atoms with Gasteiger partial charge in [0.25, 0.3) is 0 Å². The van der Waals surface area contributed by atoms with Crippen molar-refractivity contribution in [3.05, 3.63) is 71.4 Å². The third-order valence-corrected chi connectivity index (χ3v) is 10.3. The number of fused-ring (bicyclic) bond motifs is 1. The van der Waals surface area contributed by atoms with Crippen LogP contribution >= 0.6 is 0 Å². The maximum absolute atomic E-state index is 14.5. The highest BCUT2D eigenvalue weighted by molar-refractivity contribution is 5.91. The molecule has 1 saturated heterocycles. The van der Waals surface area contributed by atoms with E-state index in [-0.39, 0.29) is 30.3 Å². The van der Waals surface area contributed by atoms with Gasteiger partial charge in [0, 0.05) is 43.7 Å². The first-order valence-electron chi connectivity index (χ1n) is 17.4. The molecule has 276 valence electrons. The van der Waals surface area contributed by atoms with Gasteiger partial charge in [0.2, 0.25) is 5.91 Å². The van der Waals surface area contributed by atoms with Crippen molar-refractivity contribution in [2.24, 2.45) is 11.8 Å². The van der Waals surface area contributed by atoms with Gasteiger partial charge in [-0.15, -0.1) is 0 Å². The summed E-state index contributed by atoms with van der Waals surface area (Å²) in [4.78, 5) is 34.1. The molecule has 2 fully saturated rings. The Morgan fingerprint density at radius 1 is 1.00 bits per heavy atom. The summed E-state index contributed by atoms with van der Waals surface area (Å²) < 4.78 is 85.1. The summed E-state index contributed by atoms with van der Waals surface area (Å²) in [5, 5.41) is 12.1. The molecule has 2 unspecified atom stereocenters. The predicted molar refractivity (Wildman–Crippen MR) is 183 cm³/mol. The number of nitrogens with zero attached hydrogens (tertiary/aromatic N) is 3. The van der Waals surface area contributed by atoms with Crippen molar-refractivity contribution in [1.29, 1.82) is 5.41 Å². The zero-order valence-corrected chi connectivity index (χ0v) is 28.5. The monoisotopic (exact) mass is 718 g/mol. The summed E-state index contributed by atoms with van der Waals surface area (Å²) >= 11 is 0. The highest BCUT2D eigenvalue weighted by atomic mass is 19.4. The lowest BCUT2D eigenvalue weighted by Crippen LogP contribution is -2.58. The minimum Gasteiger partial charge on any atom is -0.383 e. The number of hydrogen-bond donors (Lipinski definition) is 3. The van der Waals surface area contributed by atoms with E-state index in [2.05, 4.69) is 10.3 Å². The Bertz CT molecular complexity index is 1700. The Balaban J connectivity index is 1.52. The van der Waals surface area contributed by atoms with Crippen LogP contribution in [-0.4, -0.2) is 70.8 Å². The predicted octanol–water partition coefficient (Wildman–Crippen LogP) is 7.33. The summed E-state index contributed by atoms with van der Waals surface area (Å²) in [5.74, 6) is -3.74. The number of hydrogen-bond acceptors (Lipinski definition) is 5. The molecule has 2 heterocycles. The fourth-order valence-corrected chi connectivity index (χ4v) is 7.52. The van der Waals surface area contributed by atoms with Crippen LogP contribution in [0.4, 0.5) is 32.2 Å². The lowest BCUT2D eigenvalue weighted by atomic mass is 9.81. The summed E-state index contributed by atoms with van der Waals surface area (Å²) in [6, 6.07) is 9.77. The molecule has 0 radical (unpaired) electrons. The Kier molecular flexibility index (Phi) is 11.8. The molecule has 2 atom stereocenters. The van der Waals surface area contributed by atoms with Crippen molar-refractivity contribution in [1.82, 2.24) is 20.1 Å². The molecule has 1 aliphatic carbocycles. The van der Waals surface area contributed by atoms with Crippen molar-refractivity contribution in [3.8, 4) is 0 Å². The molecule has 2 amide bonds. The van der Waals surface area contributed by atoms with Crippen LogP contribution in [0.25, 0.3) is 10.8 Å². The van der Waals surface area contributed by atoms with Crippen molar-refractivity contribution in [2.45, 2.75) is 82.6 Å². The second kappa shape index (κ2) is 15.9. The largest absolute Gasteiger partial charge is 0.471 e. The Morgan fingerprint density at radius 2 is 1.71 bits per heavy atom. The molecule has 2 aliphatic rings. The first-order chi connectivity index (χ1) is 24.1. The van der Waals surface area contributed by atoms with Gasteiger partial charge < -0.3 is 20.9 Å². The SMILES string of the molecule is CC(=N)N1CCC(CNC(=O)C(C2CCCCC2)N(CC(Cc2ccc3c(N)nccc3c2)c2cccc(C(F)(F)F)c2)C(=O)C(F)(F)F)CC1. The number of amides is 2. The quantitative estimate of drug-likeness (QED) is 0.115. The molecule has 1 aliphatic heterocycles. The van der Waals surface area contributed by atoms with E-state index in [0.29, 0.717) is 78.7 Å². The number of aromatic nitrogens is 1. The number of rotatable bonds is 10. The van der Waals surface area contributed by atoms with E-state index in [0.717, 1.165) is 18.6 Å². The number of piperidine rings is 1. The van der Waals surface area contributed by atoms with Gasteiger partial charge in [-0.25, -0.2) is 4.98 Å². The van der Waals surface area contributed by atoms with E-state index >= 15 is 0 Å². The number of carbonyl (C=O) groups excluding carboxylic acids is 2. The summed E-state index contributed by atoms with van der Waals surface area (Å²) in [6.07, 6.45) is -4.14. The smallest absolute Gasteiger partial charge is 0.383 e. The topological polar surface area (TPSA) is 115 Å². The van der Waals surface area contributed by atoms with Gasteiger partial charge in [0.05, 0.1) is 11.4 Å². The van der Waals surface area contributed by atoms with E-state index in [1.54, 1.807) is 31.2 Å². The zero-order valence-electron chi connectivity index (χ0n) is 28.5. The maximum Gasteiger partial charge on any atom is 0.471 e. The van der Waals surface area contributed by atoms with Gasteiger partial charge >= 0.3 is 18.3 Å². The fraction of sp³-hybridized carbons (Fsp3) is 0.514. The van der Waals surface area contributed by atoms with E-state index < -0.39 is 54.2 Å². The van der Waals surface area contributed by atoms with Crippen LogP contribution in [-0.2, 0) is 22.2 Å². The summed E-state index contributed by atoms with van der Waals surface area (Å²) in [5.41, 5.74) is 5.72. The molecule has 8 nitrogen and oxygen atoms in total. The first-order valence-corrected chi connectivity index (χ1v) is 17.4. The normalized spacial score (nSPS) is 17.6.